The van der Waals surface area contributed by atoms with Crippen LogP contribution in [0, 0.1) is 6.92 Å². The van der Waals surface area contributed by atoms with E-state index in [0.717, 1.165) is 33.7 Å². The van der Waals surface area contributed by atoms with Crippen LogP contribution in [0.3, 0.4) is 0 Å². The predicted molar refractivity (Wildman–Crippen MR) is 138 cm³/mol. The zero-order chi connectivity index (χ0) is 24.0. The van der Waals surface area contributed by atoms with Crippen molar-refractivity contribution < 1.29 is 9.53 Å². The van der Waals surface area contributed by atoms with Crippen LogP contribution in [0.25, 0.3) is 22.2 Å². The number of benzene rings is 3. The predicted octanol–water partition coefficient (Wildman–Crippen LogP) is 6.58. The zero-order valence-electron chi connectivity index (χ0n) is 20.4. The number of hydrogen-bond donors (Lipinski definition) is 0. The molecular weight excluding hydrogens is 420 g/mol. The molecule has 1 aromatic heterocycles. The molecule has 2 heterocycles. The molecule has 3 aromatic carbocycles. The highest BCUT2D eigenvalue weighted by atomic mass is 16.5. The van der Waals surface area contributed by atoms with Crippen LogP contribution in [0.15, 0.2) is 83.9 Å². The molecule has 1 amide bonds. The second kappa shape index (κ2) is 8.53. The van der Waals surface area contributed by atoms with Gasteiger partial charge in [0.05, 0.1) is 18.8 Å². The minimum Gasteiger partial charge on any atom is -0.497 e. The first kappa shape index (κ1) is 22.0. The van der Waals surface area contributed by atoms with Crippen LogP contribution in [0.4, 0.5) is 0 Å². The van der Waals surface area contributed by atoms with Gasteiger partial charge in [0.25, 0.3) is 5.91 Å². The summed E-state index contributed by atoms with van der Waals surface area (Å²) in [5.41, 5.74) is 8.89. The van der Waals surface area contributed by atoms with Crippen molar-refractivity contribution in [1.82, 2.24) is 9.47 Å². The molecule has 1 atom stereocenters. The molecule has 4 heteroatoms. The van der Waals surface area contributed by atoms with Crippen LogP contribution in [-0.4, -0.2) is 22.5 Å². The summed E-state index contributed by atoms with van der Waals surface area (Å²) in [6.45, 7) is 6.68. The van der Waals surface area contributed by atoms with Gasteiger partial charge in [0, 0.05) is 35.6 Å². The zero-order valence-corrected chi connectivity index (χ0v) is 20.4. The molecular formula is C30H30N2O2. The lowest BCUT2D eigenvalue weighted by atomic mass is 9.93. The van der Waals surface area contributed by atoms with E-state index in [2.05, 4.69) is 80.1 Å². The summed E-state index contributed by atoms with van der Waals surface area (Å²) in [4.78, 5) is 15.5. The molecule has 1 unspecified atom stereocenters. The van der Waals surface area contributed by atoms with Gasteiger partial charge >= 0.3 is 0 Å². The van der Waals surface area contributed by atoms with Crippen LogP contribution in [0.1, 0.15) is 36.6 Å². The van der Waals surface area contributed by atoms with Crippen LogP contribution in [0.5, 0.6) is 5.75 Å². The van der Waals surface area contributed by atoms with Crippen LogP contribution >= 0.6 is 0 Å². The van der Waals surface area contributed by atoms with Crippen LogP contribution in [-0.2, 0) is 18.4 Å². The molecule has 0 saturated carbocycles. The van der Waals surface area contributed by atoms with Gasteiger partial charge in [-0.25, -0.2) is 0 Å². The van der Waals surface area contributed by atoms with E-state index in [4.69, 9.17) is 4.74 Å². The normalized spacial score (nSPS) is 16.1. The molecule has 5 rings (SSSR count). The summed E-state index contributed by atoms with van der Waals surface area (Å²) in [5, 5.41) is 1.18. The highest BCUT2D eigenvalue weighted by molar-refractivity contribution is 6.00. The molecule has 1 aliphatic heterocycles. The number of rotatable bonds is 5. The number of nitrogens with zero attached hydrogens (tertiary/aromatic N) is 2. The summed E-state index contributed by atoms with van der Waals surface area (Å²) in [5.74, 6) is 0.890. The number of ether oxygens (including phenoxy) is 1. The number of methoxy groups -OCH3 is 1. The first-order valence-electron chi connectivity index (χ1n) is 11.7. The van der Waals surface area contributed by atoms with Gasteiger partial charge in [-0.05, 0) is 55.7 Å². The smallest absolute Gasteiger partial charge is 0.250 e. The van der Waals surface area contributed by atoms with Gasteiger partial charge in [0.1, 0.15) is 5.75 Å². The van der Waals surface area contributed by atoms with Crippen molar-refractivity contribution in [2.45, 2.75) is 33.4 Å². The molecule has 172 valence electrons. The topological polar surface area (TPSA) is 34.5 Å². The summed E-state index contributed by atoms with van der Waals surface area (Å²) in [6.07, 6.45) is 0. The van der Waals surface area contributed by atoms with Crippen molar-refractivity contribution >= 4 is 16.8 Å². The van der Waals surface area contributed by atoms with E-state index in [1.165, 1.54) is 22.0 Å². The van der Waals surface area contributed by atoms with E-state index in [0.29, 0.717) is 6.54 Å². The van der Waals surface area contributed by atoms with Crippen molar-refractivity contribution in [2.75, 3.05) is 7.11 Å². The number of aryl methyl sites for hydroxylation is 2. The van der Waals surface area contributed by atoms with E-state index in [1.54, 1.807) is 7.11 Å². The fraction of sp³-hybridized carbons (Fsp3) is 0.233. The van der Waals surface area contributed by atoms with Gasteiger partial charge in [-0.1, -0.05) is 60.2 Å². The molecule has 4 nitrogen and oxygen atoms in total. The van der Waals surface area contributed by atoms with Crippen molar-refractivity contribution in [2.24, 2.45) is 7.05 Å². The molecule has 34 heavy (non-hydrogen) atoms. The Morgan fingerprint density at radius 2 is 1.65 bits per heavy atom. The van der Waals surface area contributed by atoms with Crippen molar-refractivity contribution in [3.8, 4) is 17.0 Å². The minimum absolute atomic E-state index is 0.0908. The third-order valence-corrected chi connectivity index (χ3v) is 7.13. The fourth-order valence-electron chi connectivity index (χ4n) is 5.20. The standard InChI is InChI=1S/C30H30N2O2/c1-19-13-15-23(16-14-19)29-27(25-11-6-7-12-26(25)31(29)4)28-20(2)21(3)30(33)32(28)18-22-9-8-10-24(17-22)34-5/h6-17,28H,18H2,1-5H3. The molecule has 0 bridgehead atoms. The van der Waals surface area contributed by atoms with Crippen molar-refractivity contribution in [3.05, 3.63) is 101 Å². The number of para-hydroxylation sites is 1. The van der Waals surface area contributed by atoms with Gasteiger partial charge < -0.3 is 14.2 Å². The van der Waals surface area contributed by atoms with E-state index in [1.807, 2.05) is 30.0 Å². The maximum absolute atomic E-state index is 13.5. The van der Waals surface area contributed by atoms with Crippen LogP contribution in [0.2, 0.25) is 0 Å². The first-order valence-corrected chi connectivity index (χ1v) is 11.7. The quantitative estimate of drug-likeness (QED) is 0.344. The number of amides is 1. The Labute approximate surface area is 201 Å². The Bertz CT molecular complexity index is 1430. The van der Waals surface area contributed by atoms with Gasteiger partial charge in [-0.2, -0.15) is 0 Å². The minimum atomic E-state index is -0.138. The highest BCUT2D eigenvalue weighted by Gasteiger charge is 2.39. The maximum Gasteiger partial charge on any atom is 0.250 e. The third kappa shape index (κ3) is 3.50. The molecule has 4 aromatic rings. The SMILES string of the molecule is COc1cccc(CN2C(=O)C(C)=C(C)C2c2c(-c3ccc(C)cc3)n(C)c3ccccc23)c1. The van der Waals surface area contributed by atoms with E-state index >= 15 is 0 Å². The Balaban J connectivity index is 1.72. The third-order valence-electron chi connectivity index (χ3n) is 7.13. The lowest BCUT2D eigenvalue weighted by molar-refractivity contribution is -0.127. The number of hydrogen-bond acceptors (Lipinski definition) is 2. The van der Waals surface area contributed by atoms with Crippen molar-refractivity contribution in [1.29, 1.82) is 0 Å². The summed E-state index contributed by atoms with van der Waals surface area (Å²) >= 11 is 0. The fourth-order valence-corrected chi connectivity index (χ4v) is 5.20. The largest absolute Gasteiger partial charge is 0.497 e. The number of carbonyl (C=O) groups is 1. The van der Waals surface area contributed by atoms with E-state index in [9.17, 15) is 4.79 Å². The van der Waals surface area contributed by atoms with Gasteiger partial charge in [0.2, 0.25) is 0 Å². The average molecular weight is 451 g/mol. The van der Waals surface area contributed by atoms with Gasteiger partial charge in [-0.3, -0.25) is 4.79 Å². The van der Waals surface area contributed by atoms with E-state index < -0.39 is 0 Å². The lowest BCUT2D eigenvalue weighted by Crippen LogP contribution is -2.29. The molecule has 0 N–H and O–H groups in total. The second-order valence-electron chi connectivity index (χ2n) is 9.20. The summed E-state index contributed by atoms with van der Waals surface area (Å²) in [6, 6.07) is 25.0. The lowest BCUT2D eigenvalue weighted by Gasteiger charge is -2.28. The Morgan fingerprint density at radius 1 is 0.912 bits per heavy atom. The summed E-state index contributed by atoms with van der Waals surface area (Å²) in [7, 11) is 3.79. The number of aromatic nitrogens is 1. The molecule has 0 spiro atoms. The molecule has 1 aliphatic rings. The maximum atomic E-state index is 13.5. The Morgan fingerprint density at radius 3 is 2.38 bits per heavy atom. The highest BCUT2D eigenvalue weighted by Crippen LogP contribution is 2.46. The molecule has 0 saturated heterocycles. The van der Waals surface area contributed by atoms with Gasteiger partial charge in [0.15, 0.2) is 0 Å². The number of carbonyl (C=O) groups excluding carboxylic acids is 1. The molecule has 0 radical (unpaired) electrons. The summed E-state index contributed by atoms with van der Waals surface area (Å²) < 4.78 is 7.70. The Kier molecular flexibility index (Phi) is 5.52. The second-order valence-corrected chi connectivity index (χ2v) is 9.20. The van der Waals surface area contributed by atoms with E-state index in [-0.39, 0.29) is 11.9 Å². The van der Waals surface area contributed by atoms with Crippen molar-refractivity contribution in [3.63, 3.8) is 0 Å². The first-order chi connectivity index (χ1) is 16.4. The number of fused-ring (bicyclic) bond motifs is 1. The average Bonchev–Trinajstić information content (AvgIpc) is 3.25. The Hall–Kier alpha value is -3.79. The monoisotopic (exact) mass is 450 g/mol. The van der Waals surface area contributed by atoms with Crippen LogP contribution < -0.4 is 4.74 Å². The molecule has 0 aliphatic carbocycles. The van der Waals surface area contributed by atoms with Gasteiger partial charge in [-0.15, -0.1) is 0 Å². The molecule has 0 fully saturated rings.